The fourth-order valence-electron chi connectivity index (χ4n) is 6.23. The van der Waals surface area contributed by atoms with E-state index < -0.39 is 0 Å². The molecule has 4 bridgehead atoms. The van der Waals surface area contributed by atoms with Crippen molar-refractivity contribution in [2.75, 3.05) is 0 Å². The summed E-state index contributed by atoms with van der Waals surface area (Å²) in [5.41, 5.74) is 2.77. The van der Waals surface area contributed by atoms with Gasteiger partial charge >= 0.3 is 12.2 Å². The monoisotopic (exact) mass is 533 g/mol. The third-order valence-electron chi connectivity index (χ3n) is 8.08. The Morgan fingerprint density at radius 2 is 1.08 bits per heavy atom. The molecule has 2 aromatic carbocycles. The number of benzene rings is 2. The molecule has 0 radical (unpaired) electrons. The molecule has 2 amide bonds. The fraction of sp³-hybridized carbons (Fsp3) is 0.467. The van der Waals surface area contributed by atoms with E-state index in [2.05, 4.69) is 5.16 Å². The number of hydrogen-bond donors (Lipinski definition) is 1. The van der Waals surface area contributed by atoms with Crippen LogP contribution in [0.2, 0.25) is 0 Å². The first-order valence-electron chi connectivity index (χ1n) is 13.7. The van der Waals surface area contributed by atoms with Crippen LogP contribution in [0.1, 0.15) is 62.5 Å². The number of amides is 2. The molecule has 4 aliphatic heterocycles. The lowest BCUT2D eigenvalue weighted by atomic mass is 10.0. The quantitative estimate of drug-likeness (QED) is 0.422. The van der Waals surface area contributed by atoms with Crippen molar-refractivity contribution >= 4 is 23.7 Å². The summed E-state index contributed by atoms with van der Waals surface area (Å²) < 4.78 is 10.8. The average molecular weight is 534 g/mol. The zero-order valence-corrected chi connectivity index (χ0v) is 22.0. The van der Waals surface area contributed by atoms with Gasteiger partial charge in [-0.15, -0.1) is 0 Å². The molecule has 4 atom stereocenters. The van der Waals surface area contributed by atoms with Gasteiger partial charge in [-0.05, 0) is 36.8 Å². The largest absolute Gasteiger partial charge is 0.445 e. The summed E-state index contributed by atoms with van der Waals surface area (Å²) in [6.45, 7) is 0.597. The van der Waals surface area contributed by atoms with Gasteiger partial charge in [0.25, 0.3) is 0 Å². The van der Waals surface area contributed by atoms with Crippen LogP contribution in [0.3, 0.4) is 0 Å². The Bertz CT molecular complexity index is 1160. The molecule has 39 heavy (non-hydrogen) atoms. The summed E-state index contributed by atoms with van der Waals surface area (Å²) in [5.74, 6) is 0.277. The second-order valence-electron chi connectivity index (χ2n) is 10.7. The highest BCUT2D eigenvalue weighted by molar-refractivity contribution is 5.88. The molecule has 4 saturated heterocycles. The Kier molecular flexibility index (Phi) is 8.44. The lowest BCUT2D eigenvalue weighted by molar-refractivity contribution is -0.123. The summed E-state index contributed by atoms with van der Waals surface area (Å²) in [7, 11) is 0. The van der Waals surface area contributed by atoms with Crippen molar-refractivity contribution in [2.45, 2.75) is 88.7 Å². The molecule has 4 unspecified atom stereocenters. The molecule has 9 nitrogen and oxygen atoms in total. The second kappa shape index (κ2) is 12.3. The first-order chi connectivity index (χ1) is 19.0. The van der Waals surface area contributed by atoms with E-state index in [9.17, 15) is 14.4 Å². The first-order valence-corrected chi connectivity index (χ1v) is 13.7. The smallest absolute Gasteiger partial charge is 0.410 e. The summed E-state index contributed by atoms with van der Waals surface area (Å²) >= 11 is 0. The van der Waals surface area contributed by atoms with E-state index in [1.165, 1.54) is 0 Å². The van der Waals surface area contributed by atoms with Crippen LogP contribution in [0, 0.1) is 0 Å². The summed E-state index contributed by atoms with van der Waals surface area (Å²) in [6, 6.07) is 19.7. The number of nitrogens with zero attached hydrogens (tertiary/aromatic N) is 3. The predicted molar refractivity (Wildman–Crippen MR) is 143 cm³/mol. The zero-order chi connectivity index (χ0) is 27.2. The van der Waals surface area contributed by atoms with Gasteiger partial charge in [-0.25, -0.2) is 9.59 Å². The number of oxime groups is 1. The molecule has 0 aromatic heterocycles. The van der Waals surface area contributed by atoms with Gasteiger partial charge in [0, 0.05) is 49.9 Å². The van der Waals surface area contributed by atoms with Crippen molar-refractivity contribution in [3.05, 3.63) is 71.8 Å². The molecule has 0 saturated carbocycles. The molecule has 2 aromatic rings. The van der Waals surface area contributed by atoms with E-state index in [1.807, 2.05) is 65.6 Å². The number of fused-ring (bicyclic) bond motifs is 4. The third kappa shape index (κ3) is 6.41. The number of rotatable bonds is 4. The highest BCUT2D eigenvalue weighted by Crippen LogP contribution is 2.35. The van der Waals surface area contributed by atoms with Crippen LogP contribution in [0.15, 0.2) is 65.8 Å². The number of hydrogen-bond acceptors (Lipinski definition) is 7. The normalized spacial score (nSPS) is 25.0. The molecule has 0 aliphatic carbocycles. The SMILES string of the molecule is O=C(OCc1ccccc1)N1C2CCC1CC(=NO)C2.O=C1CC2CCC(C1)N2C(=O)OCc1ccccc1. The van der Waals surface area contributed by atoms with Crippen molar-refractivity contribution in [1.82, 2.24) is 9.80 Å². The van der Waals surface area contributed by atoms with Gasteiger partial charge in [0.1, 0.15) is 19.0 Å². The molecule has 1 N–H and O–H groups in total. The molecular weight excluding hydrogens is 498 g/mol. The van der Waals surface area contributed by atoms with Crippen molar-refractivity contribution in [1.29, 1.82) is 0 Å². The van der Waals surface area contributed by atoms with Gasteiger partial charge in [-0.3, -0.25) is 4.79 Å². The number of Topliss-reactive ketones (excluding diaryl/α,β-unsaturated/α-hetero) is 1. The average Bonchev–Trinajstić information content (AvgIpc) is 3.40. The van der Waals surface area contributed by atoms with Gasteiger partial charge < -0.3 is 24.5 Å². The number of carbonyl (C=O) groups excluding carboxylic acids is 3. The van der Waals surface area contributed by atoms with E-state index in [-0.39, 0.29) is 42.1 Å². The van der Waals surface area contributed by atoms with E-state index in [1.54, 1.807) is 4.90 Å². The molecule has 9 heteroatoms. The van der Waals surface area contributed by atoms with Gasteiger partial charge in [0.15, 0.2) is 0 Å². The van der Waals surface area contributed by atoms with Crippen LogP contribution < -0.4 is 0 Å². The maximum absolute atomic E-state index is 12.2. The van der Waals surface area contributed by atoms with Crippen LogP contribution in [0.4, 0.5) is 9.59 Å². The van der Waals surface area contributed by atoms with Crippen LogP contribution in [-0.4, -0.2) is 62.9 Å². The van der Waals surface area contributed by atoms with Crippen molar-refractivity contribution < 1.29 is 29.1 Å². The molecule has 6 rings (SSSR count). The lowest BCUT2D eigenvalue weighted by Gasteiger charge is -2.34. The molecule has 4 aliphatic rings. The molecule has 206 valence electrons. The third-order valence-corrected chi connectivity index (χ3v) is 8.08. The maximum atomic E-state index is 12.2. The highest BCUT2D eigenvalue weighted by Gasteiger charge is 2.44. The van der Waals surface area contributed by atoms with Gasteiger partial charge in [0.05, 0.1) is 5.71 Å². The highest BCUT2D eigenvalue weighted by atomic mass is 16.6. The zero-order valence-electron chi connectivity index (χ0n) is 22.0. The van der Waals surface area contributed by atoms with E-state index >= 15 is 0 Å². The Balaban J connectivity index is 0.000000158. The predicted octanol–water partition coefficient (Wildman–Crippen LogP) is 5.30. The van der Waals surface area contributed by atoms with E-state index in [0.717, 1.165) is 42.5 Å². The lowest BCUT2D eigenvalue weighted by Crippen LogP contribution is -2.47. The van der Waals surface area contributed by atoms with Crippen LogP contribution in [0.5, 0.6) is 0 Å². The Labute approximate surface area is 228 Å². The minimum Gasteiger partial charge on any atom is -0.445 e. The van der Waals surface area contributed by atoms with Crippen LogP contribution >= 0.6 is 0 Å². The maximum Gasteiger partial charge on any atom is 0.410 e. The number of carbonyl (C=O) groups is 3. The Morgan fingerprint density at radius 1 is 0.692 bits per heavy atom. The summed E-state index contributed by atoms with van der Waals surface area (Å²) in [5, 5.41) is 12.2. The number of ether oxygens (including phenoxy) is 2. The molecule has 4 fully saturated rings. The standard InChI is InChI=1S/C15H18N2O3.C15H17NO3/c18-15(20-10-11-4-2-1-3-5-11)17-13-6-7-14(17)9-12(8-13)16-19;17-14-8-12-6-7-13(9-14)16(12)15(18)19-10-11-4-2-1-3-5-11/h1-5,13-14,19H,6-10H2;1-5,12-13H,6-10H2. The van der Waals surface area contributed by atoms with Crippen molar-refractivity contribution in [2.24, 2.45) is 5.16 Å². The Morgan fingerprint density at radius 3 is 1.46 bits per heavy atom. The van der Waals surface area contributed by atoms with Crippen LogP contribution in [0.25, 0.3) is 0 Å². The fourth-order valence-corrected chi connectivity index (χ4v) is 6.23. The number of piperidine rings is 2. The molecular formula is C30H35N3O6. The second-order valence-corrected chi connectivity index (χ2v) is 10.7. The van der Waals surface area contributed by atoms with Crippen molar-refractivity contribution in [3.8, 4) is 0 Å². The van der Waals surface area contributed by atoms with E-state index in [4.69, 9.17) is 14.7 Å². The topological polar surface area (TPSA) is 109 Å². The Hall–Kier alpha value is -3.88. The molecule has 0 spiro atoms. The summed E-state index contributed by atoms with van der Waals surface area (Å²) in [6.07, 6.45) is 5.57. The van der Waals surface area contributed by atoms with Gasteiger partial charge in [-0.1, -0.05) is 65.8 Å². The first kappa shape index (κ1) is 26.7. The van der Waals surface area contributed by atoms with Gasteiger partial charge in [0.2, 0.25) is 0 Å². The minimum absolute atomic E-state index is 0.0644. The minimum atomic E-state index is -0.274. The summed E-state index contributed by atoms with van der Waals surface area (Å²) in [4.78, 5) is 39.5. The van der Waals surface area contributed by atoms with Crippen molar-refractivity contribution in [3.63, 3.8) is 0 Å². The van der Waals surface area contributed by atoms with E-state index in [0.29, 0.717) is 38.9 Å². The molecule has 4 heterocycles. The van der Waals surface area contributed by atoms with Gasteiger partial charge in [-0.2, -0.15) is 0 Å². The number of ketones is 1. The van der Waals surface area contributed by atoms with Crippen LogP contribution in [-0.2, 0) is 27.5 Å².